The number of amides is 2. The van der Waals surface area contributed by atoms with Crippen molar-refractivity contribution in [3.8, 4) is 0 Å². The lowest BCUT2D eigenvalue weighted by atomic mass is 10.2. The van der Waals surface area contributed by atoms with E-state index in [1.807, 2.05) is 36.4 Å². The van der Waals surface area contributed by atoms with Crippen molar-refractivity contribution in [2.24, 2.45) is 0 Å². The van der Waals surface area contributed by atoms with Crippen LogP contribution in [0.1, 0.15) is 10.4 Å². The summed E-state index contributed by atoms with van der Waals surface area (Å²) in [7, 11) is 1.63. The third-order valence-electron chi connectivity index (χ3n) is 5.56. The van der Waals surface area contributed by atoms with E-state index in [4.69, 9.17) is 4.74 Å². The highest BCUT2D eigenvalue weighted by molar-refractivity contribution is 6.00. The van der Waals surface area contributed by atoms with Gasteiger partial charge < -0.3 is 19.5 Å². The van der Waals surface area contributed by atoms with Gasteiger partial charge in [-0.3, -0.25) is 14.5 Å². The largest absolute Gasteiger partial charge is 0.379 e. The Hall–Kier alpha value is -3.16. The van der Waals surface area contributed by atoms with Crippen LogP contribution in [0.4, 0.5) is 5.69 Å². The zero-order valence-electron chi connectivity index (χ0n) is 17.8. The van der Waals surface area contributed by atoms with Gasteiger partial charge in [0.2, 0.25) is 5.91 Å². The van der Waals surface area contributed by atoms with Gasteiger partial charge in [-0.05, 0) is 36.4 Å². The van der Waals surface area contributed by atoms with Gasteiger partial charge in [0.1, 0.15) is 0 Å². The third kappa shape index (κ3) is 5.31. The fourth-order valence-electron chi connectivity index (χ4n) is 3.84. The highest BCUT2D eigenvalue weighted by atomic mass is 16.5. The molecule has 0 bridgehead atoms. The van der Waals surface area contributed by atoms with E-state index in [9.17, 15) is 9.59 Å². The Bertz CT molecular complexity index is 1040. The lowest BCUT2D eigenvalue weighted by Gasteiger charge is -2.26. The van der Waals surface area contributed by atoms with Gasteiger partial charge >= 0.3 is 0 Å². The zero-order chi connectivity index (χ0) is 21.6. The molecule has 1 fully saturated rings. The van der Waals surface area contributed by atoms with E-state index in [0.717, 1.165) is 56.0 Å². The molecular formula is C24H28N4O3. The van der Waals surface area contributed by atoms with Gasteiger partial charge in [0.25, 0.3) is 5.91 Å². The Morgan fingerprint density at radius 2 is 1.81 bits per heavy atom. The average molecular weight is 421 g/mol. The van der Waals surface area contributed by atoms with E-state index < -0.39 is 0 Å². The standard InChI is InChI=1S/C24H28N4O3/c1-26(24(30)19-5-3-2-4-6-19)18-23(29)25-21-7-8-22-20(17-21)9-10-28(22)12-11-27-13-15-31-16-14-27/h2-10,17H,11-16,18H2,1H3,(H,25,29). The number of likely N-dealkylation sites (N-methyl/N-ethyl adjacent to an activating group) is 1. The molecule has 2 heterocycles. The average Bonchev–Trinajstić information content (AvgIpc) is 3.20. The molecule has 0 aliphatic carbocycles. The fraction of sp³-hybridized carbons (Fsp3) is 0.333. The van der Waals surface area contributed by atoms with Gasteiger partial charge in [-0.15, -0.1) is 0 Å². The maximum atomic E-state index is 12.5. The molecule has 1 saturated heterocycles. The molecule has 3 aromatic rings. The molecule has 7 heteroatoms. The van der Waals surface area contributed by atoms with Gasteiger partial charge in [0.15, 0.2) is 0 Å². The summed E-state index contributed by atoms with van der Waals surface area (Å²) in [6.07, 6.45) is 2.09. The number of nitrogens with one attached hydrogen (secondary N) is 1. The summed E-state index contributed by atoms with van der Waals surface area (Å²) < 4.78 is 7.65. The van der Waals surface area contributed by atoms with Crippen LogP contribution in [0.2, 0.25) is 0 Å². The summed E-state index contributed by atoms with van der Waals surface area (Å²) in [5, 5.41) is 3.98. The molecule has 1 N–H and O–H groups in total. The first-order valence-corrected chi connectivity index (χ1v) is 10.6. The number of aromatic nitrogens is 1. The minimum absolute atomic E-state index is 0.00761. The number of nitrogens with zero attached hydrogens (tertiary/aromatic N) is 3. The molecule has 162 valence electrons. The van der Waals surface area contributed by atoms with Crippen LogP contribution in [0, 0.1) is 0 Å². The van der Waals surface area contributed by atoms with E-state index >= 15 is 0 Å². The molecular weight excluding hydrogens is 392 g/mol. The van der Waals surface area contributed by atoms with Gasteiger partial charge in [0.05, 0.1) is 19.8 Å². The van der Waals surface area contributed by atoms with Gasteiger partial charge in [0, 0.05) is 61.6 Å². The van der Waals surface area contributed by atoms with Gasteiger partial charge in [-0.1, -0.05) is 18.2 Å². The summed E-state index contributed by atoms with van der Waals surface area (Å²) in [5.41, 5.74) is 2.43. The maximum Gasteiger partial charge on any atom is 0.254 e. The number of benzene rings is 2. The third-order valence-corrected chi connectivity index (χ3v) is 5.56. The number of hydrogen-bond acceptors (Lipinski definition) is 4. The minimum Gasteiger partial charge on any atom is -0.379 e. The summed E-state index contributed by atoms with van der Waals surface area (Å²) in [4.78, 5) is 28.7. The molecule has 0 atom stereocenters. The Morgan fingerprint density at radius 3 is 2.58 bits per heavy atom. The second-order valence-corrected chi connectivity index (χ2v) is 7.81. The van der Waals surface area contributed by atoms with Crippen LogP contribution < -0.4 is 5.32 Å². The molecule has 31 heavy (non-hydrogen) atoms. The predicted octanol–water partition coefficient (Wildman–Crippen LogP) is 2.68. The number of rotatable bonds is 7. The monoisotopic (exact) mass is 420 g/mol. The molecule has 2 aromatic carbocycles. The molecule has 1 aromatic heterocycles. The number of carbonyl (C=O) groups is 2. The van der Waals surface area contributed by atoms with Crippen LogP contribution in [0.15, 0.2) is 60.8 Å². The van der Waals surface area contributed by atoms with Crippen molar-refractivity contribution in [1.29, 1.82) is 0 Å². The first kappa shape index (κ1) is 21.1. The molecule has 2 amide bonds. The molecule has 7 nitrogen and oxygen atoms in total. The number of ether oxygens (including phenoxy) is 1. The van der Waals surface area contributed by atoms with Crippen LogP contribution in [0.3, 0.4) is 0 Å². The highest BCUT2D eigenvalue weighted by Gasteiger charge is 2.15. The van der Waals surface area contributed by atoms with Crippen molar-refractivity contribution >= 4 is 28.4 Å². The van der Waals surface area contributed by atoms with Crippen molar-refractivity contribution in [3.05, 3.63) is 66.4 Å². The lowest BCUT2D eigenvalue weighted by Crippen LogP contribution is -2.38. The Balaban J connectivity index is 1.34. The molecule has 1 aliphatic rings. The Kier molecular flexibility index (Phi) is 6.64. The van der Waals surface area contributed by atoms with E-state index in [1.54, 1.807) is 19.2 Å². The van der Waals surface area contributed by atoms with Crippen molar-refractivity contribution < 1.29 is 14.3 Å². The Labute approximate surface area is 182 Å². The van der Waals surface area contributed by atoms with Gasteiger partial charge in [-0.25, -0.2) is 0 Å². The summed E-state index contributed by atoms with van der Waals surface area (Å²) in [6, 6.07) is 16.9. The lowest BCUT2D eigenvalue weighted by molar-refractivity contribution is -0.116. The number of anilines is 1. The predicted molar refractivity (Wildman–Crippen MR) is 121 cm³/mol. The number of carbonyl (C=O) groups excluding carboxylic acids is 2. The molecule has 1 aliphatic heterocycles. The number of morpholine rings is 1. The fourth-order valence-corrected chi connectivity index (χ4v) is 3.84. The maximum absolute atomic E-state index is 12.5. The SMILES string of the molecule is CN(CC(=O)Nc1ccc2c(ccn2CCN2CCOCC2)c1)C(=O)c1ccccc1. The van der Waals surface area contributed by atoms with Crippen molar-refractivity contribution in [1.82, 2.24) is 14.4 Å². The van der Waals surface area contributed by atoms with Crippen molar-refractivity contribution in [3.63, 3.8) is 0 Å². The van der Waals surface area contributed by atoms with E-state index in [2.05, 4.69) is 27.0 Å². The van der Waals surface area contributed by atoms with Crippen molar-refractivity contribution in [2.75, 3.05) is 51.8 Å². The number of fused-ring (bicyclic) bond motifs is 1. The zero-order valence-corrected chi connectivity index (χ0v) is 17.8. The van der Waals surface area contributed by atoms with Crippen LogP contribution in [-0.2, 0) is 16.1 Å². The summed E-state index contributed by atoms with van der Waals surface area (Å²) >= 11 is 0. The van der Waals surface area contributed by atoms with E-state index in [1.165, 1.54) is 4.90 Å². The van der Waals surface area contributed by atoms with Crippen LogP contribution >= 0.6 is 0 Å². The first-order chi connectivity index (χ1) is 15.1. The molecule has 0 spiro atoms. The molecule has 0 saturated carbocycles. The first-order valence-electron chi connectivity index (χ1n) is 10.6. The van der Waals surface area contributed by atoms with Crippen molar-refractivity contribution in [2.45, 2.75) is 6.54 Å². The quantitative estimate of drug-likeness (QED) is 0.638. The summed E-state index contributed by atoms with van der Waals surface area (Å²) in [6.45, 7) is 5.48. The molecule has 0 radical (unpaired) electrons. The highest BCUT2D eigenvalue weighted by Crippen LogP contribution is 2.21. The molecule has 0 unspecified atom stereocenters. The van der Waals surface area contributed by atoms with Crippen LogP contribution in [0.5, 0.6) is 0 Å². The second-order valence-electron chi connectivity index (χ2n) is 7.81. The second kappa shape index (κ2) is 9.76. The van der Waals surface area contributed by atoms with E-state index in [-0.39, 0.29) is 18.4 Å². The summed E-state index contributed by atoms with van der Waals surface area (Å²) in [5.74, 6) is -0.401. The number of hydrogen-bond donors (Lipinski definition) is 1. The minimum atomic E-state index is -0.224. The van der Waals surface area contributed by atoms with Crippen LogP contribution in [0.25, 0.3) is 10.9 Å². The van der Waals surface area contributed by atoms with Crippen LogP contribution in [-0.4, -0.2) is 72.6 Å². The topological polar surface area (TPSA) is 66.8 Å². The van der Waals surface area contributed by atoms with Gasteiger partial charge in [-0.2, -0.15) is 0 Å². The van der Waals surface area contributed by atoms with E-state index in [0.29, 0.717) is 5.56 Å². The molecule has 4 rings (SSSR count). The Morgan fingerprint density at radius 1 is 1.03 bits per heavy atom. The smallest absolute Gasteiger partial charge is 0.254 e. The normalized spacial score (nSPS) is 14.5.